The number of amides is 1. The number of nitrogens with one attached hydrogen (secondary N) is 1. The van der Waals surface area contributed by atoms with Gasteiger partial charge in [-0.25, -0.2) is 0 Å². The fraction of sp³-hybridized carbons (Fsp3) is 0.400. The first-order valence-corrected chi connectivity index (χ1v) is 6.95. The fourth-order valence-corrected chi connectivity index (χ4v) is 2.61. The van der Waals surface area contributed by atoms with Crippen LogP contribution in [0.5, 0.6) is 0 Å². The molecule has 1 aliphatic rings. The average Bonchev–Trinajstić information content (AvgIpc) is 2.45. The lowest BCUT2D eigenvalue weighted by atomic mass is 10.1. The molecule has 1 amide bonds. The van der Waals surface area contributed by atoms with Crippen molar-refractivity contribution in [2.75, 3.05) is 13.1 Å². The molecule has 0 saturated carbocycles. The first-order valence-electron chi connectivity index (χ1n) is 6.95. The summed E-state index contributed by atoms with van der Waals surface area (Å²) in [6.07, 6.45) is 2.93. The van der Waals surface area contributed by atoms with Crippen molar-refractivity contribution in [1.29, 1.82) is 0 Å². The summed E-state index contributed by atoms with van der Waals surface area (Å²) in [6.45, 7) is 5.49. The van der Waals surface area contributed by atoms with Crippen LogP contribution < -0.4 is 5.32 Å². The topological polar surface area (TPSA) is 75.5 Å². The highest BCUT2D eigenvalue weighted by Gasteiger charge is 2.27. The van der Waals surface area contributed by atoms with Gasteiger partial charge in [-0.05, 0) is 26.0 Å². The van der Waals surface area contributed by atoms with E-state index in [0.717, 1.165) is 13.1 Å². The van der Waals surface area contributed by atoms with E-state index in [0.29, 0.717) is 5.56 Å². The van der Waals surface area contributed by atoms with E-state index in [-0.39, 0.29) is 23.7 Å². The van der Waals surface area contributed by atoms with Gasteiger partial charge in [-0.2, -0.15) is 0 Å². The highest BCUT2D eigenvalue weighted by molar-refractivity contribution is 5.92. The van der Waals surface area contributed by atoms with Crippen molar-refractivity contribution in [1.82, 2.24) is 10.2 Å². The second-order valence-corrected chi connectivity index (χ2v) is 5.25. The number of nitrogens with zero attached hydrogens (tertiary/aromatic N) is 2. The van der Waals surface area contributed by atoms with Crippen LogP contribution in [0.15, 0.2) is 30.3 Å². The van der Waals surface area contributed by atoms with Crippen LogP contribution in [0.1, 0.15) is 19.4 Å². The van der Waals surface area contributed by atoms with Crippen LogP contribution in [0.25, 0.3) is 6.08 Å². The van der Waals surface area contributed by atoms with Gasteiger partial charge in [0.15, 0.2) is 0 Å². The van der Waals surface area contributed by atoms with Crippen LogP contribution in [0.4, 0.5) is 5.69 Å². The number of piperazine rings is 1. The summed E-state index contributed by atoms with van der Waals surface area (Å²) in [5.41, 5.74) is 0.439. The van der Waals surface area contributed by atoms with Crippen LogP contribution in [0, 0.1) is 10.1 Å². The summed E-state index contributed by atoms with van der Waals surface area (Å²) in [7, 11) is 0. The van der Waals surface area contributed by atoms with E-state index in [4.69, 9.17) is 0 Å². The minimum absolute atomic E-state index is 0.00274. The van der Waals surface area contributed by atoms with Gasteiger partial charge in [-0.1, -0.05) is 12.1 Å². The Morgan fingerprint density at radius 3 is 2.57 bits per heavy atom. The molecule has 1 aromatic carbocycles. The second-order valence-electron chi connectivity index (χ2n) is 5.25. The van der Waals surface area contributed by atoms with E-state index in [2.05, 4.69) is 5.32 Å². The number of benzene rings is 1. The number of hydrogen-bond donors (Lipinski definition) is 1. The number of rotatable bonds is 3. The molecule has 1 fully saturated rings. The smallest absolute Gasteiger partial charge is 0.276 e. The predicted molar refractivity (Wildman–Crippen MR) is 80.8 cm³/mol. The lowest BCUT2D eigenvalue weighted by molar-refractivity contribution is -0.385. The van der Waals surface area contributed by atoms with Gasteiger partial charge in [-0.3, -0.25) is 14.9 Å². The molecule has 2 atom stereocenters. The third kappa shape index (κ3) is 3.46. The van der Waals surface area contributed by atoms with Crippen LogP contribution in [0.2, 0.25) is 0 Å². The van der Waals surface area contributed by atoms with E-state index in [1.807, 2.05) is 18.7 Å². The zero-order valence-electron chi connectivity index (χ0n) is 12.2. The zero-order valence-corrected chi connectivity index (χ0v) is 12.2. The highest BCUT2D eigenvalue weighted by Crippen LogP contribution is 2.19. The Balaban J connectivity index is 2.17. The summed E-state index contributed by atoms with van der Waals surface area (Å²) in [5.74, 6) is -0.116. The van der Waals surface area contributed by atoms with Crippen LogP contribution in [-0.4, -0.2) is 40.9 Å². The monoisotopic (exact) mass is 289 g/mol. The number of carbonyl (C=O) groups excluding carboxylic acids is 1. The number of nitro groups is 1. The van der Waals surface area contributed by atoms with Crippen molar-refractivity contribution >= 4 is 17.7 Å². The summed E-state index contributed by atoms with van der Waals surface area (Å²) < 4.78 is 0. The number of nitro benzene ring substituents is 1. The van der Waals surface area contributed by atoms with Crippen molar-refractivity contribution in [2.24, 2.45) is 0 Å². The molecule has 1 N–H and O–H groups in total. The van der Waals surface area contributed by atoms with Crippen molar-refractivity contribution in [3.05, 3.63) is 46.0 Å². The quantitative estimate of drug-likeness (QED) is 0.523. The maximum Gasteiger partial charge on any atom is 0.276 e. The van der Waals surface area contributed by atoms with Gasteiger partial charge in [0.05, 0.1) is 10.5 Å². The third-order valence-electron chi connectivity index (χ3n) is 3.62. The molecule has 21 heavy (non-hydrogen) atoms. The maximum absolute atomic E-state index is 12.3. The average molecular weight is 289 g/mol. The Hall–Kier alpha value is -2.21. The van der Waals surface area contributed by atoms with Crippen molar-refractivity contribution < 1.29 is 9.72 Å². The molecule has 0 aromatic heterocycles. The Labute approximate surface area is 123 Å². The Bertz CT molecular complexity index is 561. The van der Waals surface area contributed by atoms with Crippen molar-refractivity contribution in [2.45, 2.75) is 25.9 Å². The molecule has 0 spiro atoms. The van der Waals surface area contributed by atoms with Crippen LogP contribution in [0.3, 0.4) is 0 Å². The standard InChI is InChI=1S/C15H19N3O3/c1-11-9-16-10-12(2)17(11)15(19)8-7-13-5-3-4-6-14(13)18(20)21/h3-8,11-12,16H,9-10H2,1-2H3. The molecule has 1 aromatic rings. The van der Waals surface area contributed by atoms with E-state index < -0.39 is 4.92 Å². The summed E-state index contributed by atoms with van der Waals surface area (Å²) >= 11 is 0. The Morgan fingerprint density at radius 2 is 1.95 bits per heavy atom. The minimum Gasteiger partial charge on any atom is -0.331 e. The van der Waals surface area contributed by atoms with Gasteiger partial charge in [0, 0.05) is 37.3 Å². The highest BCUT2D eigenvalue weighted by atomic mass is 16.6. The molecular formula is C15H19N3O3. The molecule has 1 aliphatic heterocycles. The molecule has 6 heteroatoms. The Kier molecular flexibility index (Phi) is 4.70. The number of carbonyl (C=O) groups is 1. The van der Waals surface area contributed by atoms with Crippen molar-refractivity contribution in [3.63, 3.8) is 0 Å². The molecule has 1 saturated heterocycles. The van der Waals surface area contributed by atoms with Crippen LogP contribution in [-0.2, 0) is 4.79 Å². The summed E-state index contributed by atoms with van der Waals surface area (Å²) in [5, 5.41) is 14.2. The van der Waals surface area contributed by atoms with Gasteiger partial charge in [0.2, 0.25) is 5.91 Å². The molecule has 0 bridgehead atoms. The lowest BCUT2D eigenvalue weighted by Crippen LogP contribution is -2.56. The SMILES string of the molecule is CC1CNCC(C)N1C(=O)C=Cc1ccccc1[N+](=O)[O-]. The van der Waals surface area contributed by atoms with Gasteiger partial charge in [0.25, 0.3) is 5.69 Å². The predicted octanol–water partition coefficient (Wildman–Crippen LogP) is 1.82. The van der Waals surface area contributed by atoms with Gasteiger partial charge in [-0.15, -0.1) is 0 Å². The largest absolute Gasteiger partial charge is 0.331 e. The number of para-hydroxylation sites is 1. The first-order chi connectivity index (χ1) is 10.0. The molecule has 1 heterocycles. The van der Waals surface area contributed by atoms with Gasteiger partial charge < -0.3 is 10.2 Å². The zero-order chi connectivity index (χ0) is 15.4. The summed E-state index contributed by atoms with van der Waals surface area (Å²) in [6, 6.07) is 6.60. The number of hydrogen-bond acceptors (Lipinski definition) is 4. The lowest BCUT2D eigenvalue weighted by Gasteiger charge is -2.38. The fourth-order valence-electron chi connectivity index (χ4n) is 2.61. The van der Waals surface area contributed by atoms with E-state index in [1.54, 1.807) is 18.2 Å². The van der Waals surface area contributed by atoms with E-state index >= 15 is 0 Å². The maximum atomic E-state index is 12.3. The molecular weight excluding hydrogens is 270 g/mol. The molecule has 0 radical (unpaired) electrons. The Morgan fingerprint density at radius 1 is 1.33 bits per heavy atom. The first kappa shape index (κ1) is 15.2. The van der Waals surface area contributed by atoms with E-state index in [1.165, 1.54) is 18.2 Å². The van der Waals surface area contributed by atoms with Crippen LogP contribution >= 0.6 is 0 Å². The molecule has 2 rings (SSSR count). The van der Waals surface area contributed by atoms with E-state index in [9.17, 15) is 14.9 Å². The second kappa shape index (κ2) is 6.49. The third-order valence-corrected chi connectivity index (χ3v) is 3.62. The summed E-state index contributed by atoms with van der Waals surface area (Å²) in [4.78, 5) is 24.6. The molecule has 2 unspecified atom stereocenters. The van der Waals surface area contributed by atoms with Gasteiger partial charge >= 0.3 is 0 Å². The van der Waals surface area contributed by atoms with Crippen molar-refractivity contribution in [3.8, 4) is 0 Å². The molecule has 0 aliphatic carbocycles. The molecule has 6 nitrogen and oxygen atoms in total. The molecule has 112 valence electrons. The van der Waals surface area contributed by atoms with Gasteiger partial charge in [0.1, 0.15) is 0 Å². The minimum atomic E-state index is -0.444. The normalized spacial score (nSPS) is 22.5.